The molecule has 0 spiro atoms. The van der Waals surface area contributed by atoms with Crippen molar-refractivity contribution in [2.24, 2.45) is 34.5 Å². The topological polar surface area (TPSA) is 35.5 Å². The summed E-state index contributed by atoms with van der Waals surface area (Å²) < 4.78 is 11.9. The van der Waals surface area contributed by atoms with Gasteiger partial charge in [0.15, 0.2) is 0 Å². The van der Waals surface area contributed by atoms with Gasteiger partial charge in [-0.3, -0.25) is 4.79 Å². The lowest BCUT2D eigenvalue weighted by Gasteiger charge is -2.55. The molecule has 0 aromatic rings. The van der Waals surface area contributed by atoms with E-state index >= 15 is 0 Å². The zero-order valence-electron chi connectivity index (χ0n) is 20.7. The van der Waals surface area contributed by atoms with Gasteiger partial charge in [0.1, 0.15) is 6.10 Å². The first-order chi connectivity index (χ1) is 14.6. The predicted octanol–water partition coefficient (Wildman–Crippen LogP) is 6.87. The van der Waals surface area contributed by atoms with Gasteiger partial charge in [-0.25, -0.2) is 0 Å². The molecule has 0 aromatic heterocycles. The maximum atomic E-state index is 11.5. The van der Waals surface area contributed by atoms with E-state index in [-0.39, 0.29) is 17.5 Å². The summed E-state index contributed by atoms with van der Waals surface area (Å²) in [5.74, 6) is 2.61. The number of hydrogen-bond acceptors (Lipinski definition) is 3. The number of carbonyl (C=O) groups excluding carboxylic acids is 1. The van der Waals surface area contributed by atoms with E-state index in [4.69, 9.17) is 9.47 Å². The number of allylic oxidation sites excluding steroid dienone is 3. The van der Waals surface area contributed by atoms with E-state index in [1.165, 1.54) is 38.2 Å². The van der Waals surface area contributed by atoms with Crippen LogP contribution in [0.5, 0.6) is 0 Å². The summed E-state index contributed by atoms with van der Waals surface area (Å²) in [6.07, 6.45) is 14.8. The summed E-state index contributed by atoms with van der Waals surface area (Å²) in [4.78, 5) is 11.5. The van der Waals surface area contributed by atoms with Gasteiger partial charge in [-0.15, -0.1) is 0 Å². The molecule has 3 nitrogen and oxygen atoms in total. The van der Waals surface area contributed by atoms with Crippen LogP contribution in [-0.2, 0) is 14.3 Å². The van der Waals surface area contributed by atoms with Crippen molar-refractivity contribution >= 4 is 5.97 Å². The molecule has 2 unspecified atom stereocenters. The average Bonchev–Trinajstić information content (AvgIpc) is 3.05. The van der Waals surface area contributed by atoms with Gasteiger partial charge in [-0.2, -0.15) is 0 Å². The highest BCUT2D eigenvalue weighted by atomic mass is 16.5. The highest BCUT2D eigenvalue weighted by Crippen LogP contribution is 2.65. The molecule has 0 amide bonds. The second kappa shape index (κ2) is 8.69. The number of esters is 1. The van der Waals surface area contributed by atoms with Crippen molar-refractivity contribution in [3.63, 3.8) is 0 Å². The minimum atomic E-state index is -0.142. The van der Waals surface area contributed by atoms with Crippen LogP contribution in [0.3, 0.4) is 0 Å². The SMILES string of the molecule is CC(=O)OC1CC[C@@]2(C)C(=CC=C3[C@@H]4CC[C@H](C(C)OCCC(C)C)[C@@]4(C)CC[C@@H]32)C1. The molecule has 3 heteroatoms. The Morgan fingerprint density at radius 2 is 1.84 bits per heavy atom. The van der Waals surface area contributed by atoms with E-state index in [0.29, 0.717) is 35.2 Å². The molecule has 7 atom stereocenters. The van der Waals surface area contributed by atoms with E-state index in [0.717, 1.165) is 32.3 Å². The summed E-state index contributed by atoms with van der Waals surface area (Å²) in [6.45, 7) is 14.4. The fourth-order valence-corrected chi connectivity index (χ4v) is 7.72. The van der Waals surface area contributed by atoms with Crippen molar-refractivity contribution in [1.29, 1.82) is 0 Å². The highest BCUT2D eigenvalue weighted by Gasteiger charge is 2.57. The molecule has 0 N–H and O–H groups in total. The summed E-state index contributed by atoms with van der Waals surface area (Å²) in [5, 5.41) is 0. The standard InChI is InChI=1S/C28H44O3/c1-18(2)13-16-30-19(3)24-9-10-25-23-8-7-21-17-22(31-20(4)29)11-14-27(21,5)26(23)12-15-28(24,25)6/h7-8,18-19,22,24-26H,9-17H2,1-6H3/t19?,22?,24-,25+,26+,27+,28-/m1/s1. The Morgan fingerprint density at radius 3 is 2.55 bits per heavy atom. The van der Waals surface area contributed by atoms with Gasteiger partial charge in [-0.1, -0.05) is 51.0 Å². The van der Waals surface area contributed by atoms with Gasteiger partial charge in [0, 0.05) is 20.0 Å². The third kappa shape index (κ3) is 4.16. The first-order valence-corrected chi connectivity index (χ1v) is 12.8. The molecule has 0 heterocycles. The molecule has 0 saturated heterocycles. The third-order valence-electron chi connectivity index (χ3n) is 9.57. The number of rotatable bonds is 6. The molecule has 0 bridgehead atoms. The molecule has 0 aliphatic heterocycles. The number of fused-ring (bicyclic) bond motifs is 5. The largest absolute Gasteiger partial charge is 0.462 e. The Labute approximate surface area is 190 Å². The van der Waals surface area contributed by atoms with Crippen LogP contribution in [0.15, 0.2) is 23.3 Å². The van der Waals surface area contributed by atoms with Gasteiger partial charge in [0.2, 0.25) is 0 Å². The lowest BCUT2D eigenvalue weighted by molar-refractivity contribution is -0.148. The maximum absolute atomic E-state index is 11.5. The van der Waals surface area contributed by atoms with Crippen LogP contribution in [0.25, 0.3) is 0 Å². The fourth-order valence-electron chi connectivity index (χ4n) is 7.72. The van der Waals surface area contributed by atoms with Crippen LogP contribution < -0.4 is 0 Å². The third-order valence-corrected chi connectivity index (χ3v) is 9.57. The number of carbonyl (C=O) groups is 1. The van der Waals surface area contributed by atoms with E-state index in [1.807, 2.05) is 0 Å². The van der Waals surface area contributed by atoms with Crippen molar-refractivity contribution in [2.75, 3.05) is 6.61 Å². The lowest BCUT2D eigenvalue weighted by atomic mass is 9.50. The van der Waals surface area contributed by atoms with Crippen molar-refractivity contribution in [2.45, 2.75) is 105 Å². The predicted molar refractivity (Wildman–Crippen MR) is 126 cm³/mol. The molecule has 4 aliphatic carbocycles. The minimum absolute atomic E-state index is 0.0697. The summed E-state index contributed by atoms with van der Waals surface area (Å²) >= 11 is 0. The lowest BCUT2D eigenvalue weighted by Crippen LogP contribution is -2.47. The second-order valence-electron chi connectivity index (χ2n) is 11.8. The van der Waals surface area contributed by atoms with Gasteiger partial charge in [-0.05, 0) is 86.4 Å². The highest BCUT2D eigenvalue weighted by molar-refractivity contribution is 5.66. The first kappa shape index (κ1) is 23.1. The average molecular weight is 429 g/mol. The Balaban J connectivity index is 1.51. The number of hydrogen-bond donors (Lipinski definition) is 0. The Kier molecular flexibility index (Phi) is 6.47. The monoisotopic (exact) mass is 428 g/mol. The molecule has 174 valence electrons. The van der Waals surface area contributed by atoms with Crippen LogP contribution in [0.2, 0.25) is 0 Å². The second-order valence-corrected chi connectivity index (χ2v) is 11.8. The van der Waals surface area contributed by atoms with Crippen molar-refractivity contribution in [1.82, 2.24) is 0 Å². The summed E-state index contributed by atoms with van der Waals surface area (Å²) in [5.41, 5.74) is 3.86. The van der Waals surface area contributed by atoms with E-state index < -0.39 is 0 Å². The van der Waals surface area contributed by atoms with Gasteiger partial charge >= 0.3 is 5.97 Å². The molecule has 3 saturated carbocycles. The molecule has 0 aromatic carbocycles. The van der Waals surface area contributed by atoms with Gasteiger partial charge in [0.05, 0.1) is 6.10 Å². The zero-order chi connectivity index (χ0) is 22.4. The summed E-state index contributed by atoms with van der Waals surface area (Å²) in [6, 6.07) is 0. The van der Waals surface area contributed by atoms with Crippen LogP contribution in [0.1, 0.15) is 92.9 Å². The molecular formula is C28H44O3. The molecule has 0 radical (unpaired) electrons. The molecule has 4 aliphatic rings. The van der Waals surface area contributed by atoms with Crippen LogP contribution in [0.4, 0.5) is 0 Å². The quantitative estimate of drug-likeness (QED) is 0.433. The zero-order valence-corrected chi connectivity index (χ0v) is 20.7. The van der Waals surface area contributed by atoms with E-state index in [2.05, 4.69) is 46.8 Å². The van der Waals surface area contributed by atoms with E-state index in [9.17, 15) is 4.79 Å². The van der Waals surface area contributed by atoms with Crippen molar-refractivity contribution < 1.29 is 14.3 Å². The molecule has 31 heavy (non-hydrogen) atoms. The van der Waals surface area contributed by atoms with Gasteiger partial charge < -0.3 is 9.47 Å². The van der Waals surface area contributed by atoms with Crippen molar-refractivity contribution in [3.8, 4) is 0 Å². The number of ether oxygens (including phenoxy) is 2. The van der Waals surface area contributed by atoms with Crippen molar-refractivity contribution in [3.05, 3.63) is 23.3 Å². The molecule has 3 fully saturated rings. The summed E-state index contributed by atoms with van der Waals surface area (Å²) in [7, 11) is 0. The van der Waals surface area contributed by atoms with Crippen LogP contribution in [0, 0.1) is 34.5 Å². The first-order valence-electron chi connectivity index (χ1n) is 12.8. The Hall–Kier alpha value is -1.09. The van der Waals surface area contributed by atoms with Gasteiger partial charge in [0.25, 0.3) is 0 Å². The van der Waals surface area contributed by atoms with Crippen LogP contribution in [-0.4, -0.2) is 24.8 Å². The van der Waals surface area contributed by atoms with E-state index in [1.54, 1.807) is 5.57 Å². The molecular weight excluding hydrogens is 384 g/mol. The Morgan fingerprint density at radius 1 is 1.06 bits per heavy atom. The molecule has 4 rings (SSSR count). The van der Waals surface area contributed by atoms with Crippen LogP contribution >= 0.6 is 0 Å². The normalized spacial score (nSPS) is 40.4. The Bertz CT molecular complexity index is 749. The maximum Gasteiger partial charge on any atom is 0.302 e. The fraction of sp³-hybridized carbons (Fsp3) is 0.821. The minimum Gasteiger partial charge on any atom is -0.462 e. The smallest absolute Gasteiger partial charge is 0.302 e.